The first kappa shape index (κ1) is 21.6. The van der Waals surface area contributed by atoms with Gasteiger partial charge in [-0.1, -0.05) is 40.2 Å². The Labute approximate surface area is 193 Å². The maximum atomic E-state index is 13.6. The van der Waals surface area contributed by atoms with Gasteiger partial charge in [0, 0.05) is 10.2 Å². The van der Waals surface area contributed by atoms with E-state index >= 15 is 0 Å². The van der Waals surface area contributed by atoms with Crippen molar-refractivity contribution in [1.82, 2.24) is 0 Å². The fourth-order valence-electron chi connectivity index (χ4n) is 3.60. The van der Waals surface area contributed by atoms with Crippen LogP contribution < -0.4 is 20.3 Å². The number of hydrogen-bond donors (Lipinski definition) is 2. The van der Waals surface area contributed by atoms with Crippen LogP contribution in [0.1, 0.15) is 16.8 Å². The first-order chi connectivity index (χ1) is 15.5. The number of nitrogens with zero attached hydrogens (tertiary/aromatic N) is 1. The number of amides is 3. The van der Waals surface area contributed by atoms with E-state index in [9.17, 15) is 14.4 Å². The van der Waals surface area contributed by atoms with Gasteiger partial charge in [0.05, 0.1) is 30.5 Å². The summed E-state index contributed by atoms with van der Waals surface area (Å²) in [5.74, 6) is -0.854. The van der Waals surface area contributed by atoms with Crippen molar-refractivity contribution in [1.29, 1.82) is 0 Å². The normalized spacial score (nSPS) is 14.9. The highest BCUT2D eigenvalue weighted by Gasteiger charge is 2.39. The Kier molecular flexibility index (Phi) is 6.23. The highest BCUT2D eigenvalue weighted by molar-refractivity contribution is 9.10. The van der Waals surface area contributed by atoms with E-state index in [2.05, 4.69) is 26.6 Å². The van der Waals surface area contributed by atoms with Gasteiger partial charge in [0.2, 0.25) is 11.8 Å². The summed E-state index contributed by atoms with van der Waals surface area (Å²) in [5.41, 5.74) is 1.92. The van der Waals surface area contributed by atoms with E-state index in [0.29, 0.717) is 28.4 Å². The topological polar surface area (TPSA) is 87.7 Å². The zero-order valence-electron chi connectivity index (χ0n) is 17.2. The third-order valence-corrected chi connectivity index (χ3v) is 5.63. The summed E-state index contributed by atoms with van der Waals surface area (Å²) in [4.78, 5) is 40.7. The van der Waals surface area contributed by atoms with Gasteiger partial charge in [-0.15, -0.1) is 0 Å². The number of nitrogens with one attached hydrogen (secondary N) is 2. The second kappa shape index (κ2) is 9.23. The molecule has 3 amide bonds. The van der Waals surface area contributed by atoms with E-state index in [1.165, 1.54) is 12.0 Å². The zero-order valence-corrected chi connectivity index (χ0v) is 18.8. The van der Waals surface area contributed by atoms with Crippen LogP contribution >= 0.6 is 15.9 Å². The number of hydrogen-bond acceptors (Lipinski definition) is 4. The molecule has 4 rings (SSSR count). The molecule has 162 valence electrons. The van der Waals surface area contributed by atoms with Gasteiger partial charge in [0.15, 0.2) is 0 Å². The monoisotopic (exact) mass is 493 g/mol. The Morgan fingerprint density at radius 1 is 1.03 bits per heavy atom. The number of ether oxygens (including phenoxy) is 1. The van der Waals surface area contributed by atoms with Crippen LogP contribution in [0.5, 0.6) is 5.75 Å². The van der Waals surface area contributed by atoms with Gasteiger partial charge in [-0.05, 0) is 48.5 Å². The minimum absolute atomic E-state index is 0.211. The van der Waals surface area contributed by atoms with Crippen molar-refractivity contribution in [3.63, 3.8) is 0 Å². The number of methoxy groups -OCH3 is 1. The summed E-state index contributed by atoms with van der Waals surface area (Å²) >= 11 is 3.35. The Morgan fingerprint density at radius 2 is 1.72 bits per heavy atom. The molecule has 0 saturated heterocycles. The van der Waals surface area contributed by atoms with Crippen LogP contribution in [0.4, 0.5) is 17.1 Å². The lowest BCUT2D eigenvalue weighted by Gasteiger charge is -2.36. The van der Waals surface area contributed by atoms with Crippen molar-refractivity contribution in [3.05, 3.63) is 82.8 Å². The fourth-order valence-corrected chi connectivity index (χ4v) is 3.86. The lowest BCUT2D eigenvalue weighted by molar-refractivity contribution is -0.122. The van der Waals surface area contributed by atoms with Crippen LogP contribution in [-0.2, 0) is 9.59 Å². The van der Waals surface area contributed by atoms with Gasteiger partial charge in [-0.25, -0.2) is 0 Å². The zero-order chi connectivity index (χ0) is 22.7. The summed E-state index contributed by atoms with van der Waals surface area (Å²) in [6.45, 7) is 0. The maximum Gasteiger partial charge on any atom is 0.262 e. The average Bonchev–Trinajstić information content (AvgIpc) is 2.80. The van der Waals surface area contributed by atoms with E-state index in [4.69, 9.17) is 4.74 Å². The second-order valence-corrected chi connectivity index (χ2v) is 8.07. The minimum atomic E-state index is -1.03. The Bertz CT molecular complexity index is 1180. The SMILES string of the molecule is COc1ccccc1C(=O)N1c2ccccc2NC(=O)C1CC(=O)Nc1ccc(Br)cc1. The molecule has 32 heavy (non-hydrogen) atoms. The Balaban J connectivity index is 1.67. The molecule has 0 aromatic heterocycles. The number of carbonyl (C=O) groups excluding carboxylic acids is 3. The quantitative estimate of drug-likeness (QED) is 0.549. The van der Waals surface area contributed by atoms with Gasteiger partial charge in [0.1, 0.15) is 11.8 Å². The van der Waals surface area contributed by atoms with E-state index in [-0.39, 0.29) is 12.3 Å². The molecule has 0 bridgehead atoms. The number of benzene rings is 3. The van der Waals surface area contributed by atoms with E-state index in [0.717, 1.165) is 4.47 Å². The molecule has 1 unspecified atom stereocenters. The van der Waals surface area contributed by atoms with Crippen LogP contribution in [-0.4, -0.2) is 30.9 Å². The van der Waals surface area contributed by atoms with E-state index < -0.39 is 17.9 Å². The third-order valence-electron chi connectivity index (χ3n) is 5.10. The molecule has 1 aliphatic rings. The van der Waals surface area contributed by atoms with Crippen molar-refractivity contribution in [2.75, 3.05) is 22.6 Å². The van der Waals surface area contributed by atoms with Crippen molar-refractivity contribution in [3.8, 4) is 5.75 Å². The standard InChI is InChI=1S/C24H20BrN3O4/c1-32-21-9-5-2-6-17(21)24(31)28-19-8-4-3-7-18(19)27-23(30)20(28)14-22(29)26-16-12-10-15(25)11-13-16/h2-13,20H,14H2,1H3,(H,26,29)(H,27,30). The van der Waals surface area contributed by atoms with Gasteiger partial charge in [-0.3, -0.25) is 19.3 Å². The number of rotatable bonds is 5. The molecule has 1 atom stereocenters. The van der Waals surface area contributed by atoms with Crippen LogP contribution in [0.3, 0.4) is 0 Å². The maximum absolute atomic E-state index is 13.6. The van der Waals surface area contributed by atoms with Gasteiger partial charge in [0.25, 0.3) is 5.91 Å². The Hall–Kier alpha value is -3.65. The van der Waals surface area contributed by atoms with Crippen molar-refractivity contribution in [2.45, 2.75) is 12.5 Å². The molecule has 1 aliphatic heterocycles. The van der Waals surface area contributed by atoms with E-state index in [1.807, 2.05) is 0 Å². The highest BCUT2D eigenvalue weighted by atomic mass is 79.9. The van der Waals surface area contributed by atoms with Crippen LogP contribution in [0.2, 0.25) is 0 Å². The molecule has 3 aromatic rings. The molecule has 8 heteroatoms. The summed E-state index contributed by atoms with van der Waals surface area (Å²) < 4.78 is 6.23. The highest BCUT2D eigenvalue weighted by Crippen LogP contribution is 2.35. The third kappa shape index (κ3) is 4.36. The molecule has 0 radical (unpaired) electrons. The average molecular weight is 494 g/mol. The molecule has 0 fully saturated rings. The van der Waals surface area contributed by atoms with Crippen molar-refractivity contribution < 1.29 is 19.1 Å². The number of para-hydroxylation sites is 3. The van der Waals surface area contributed by atoms with Gasteiger partial charge in [-0.2, -0.15) is 0 Å². The lowest BCUT2D eigenvalue weighted by Crippen LogP contribution is -2.52. The molecular formula is C24H20BrN3O4. The minimum Gasteiger partial charge on any atom is -0.496 e. The summed E-state index contributed by atoms with van der Waals surface area (Å²) in [5, 5.41) is 5.58. The second-order valence-electron chi connectivity index (χ2n) is 7.16. The first-order valence-corrected chi connectivity index (χ1v) is 10.7. The predicted octanol–water partition coefficient (Wildman–Crippen LogP) is 4.45. The number of halogens is 1. The van der Waals surface area contributed by atoms with E-state index in [1.54, 1.807) is 72.8 Å². The van der Waals surface area contributed by atoms with Crippen LogP contribution in [0.25, 0.3) is 0 Å². The number of fused-ring (bicyclic) bond motifs is 1. The molecule has 2 N–H and O–H groups in total. The first-order valence-electron chi connectivity index (χ1n) is 9.90. The molecule has 3 aromatic carbocycles. The summed E-state index contributed by atoms with van der Waals surface area (Å²) in [6, 6.07) is 19.9. The molecule has 7 nitrogen and oxygen atoms in total. The molecule has 0 spiro atoms. The molecule has 0 saturated carbocycles. The molecule has 0 aliphatic carbocycles. The largest absolute Gasteiger partial charge is 0.496 e. The predicted molar refractivity (Wildman–Crippen MR) is 126 cm³/mol. The smallest absolute Gasteiger partial charge is 0.262 e. The van der Waals surface area contributed by atoms with Crippen molar-refractivity contribution in [2.24, 2.45) is 0 Å². The fraction of sp³-hybridized carbons (Fsp3) is 0.125. The number of carbonyl (C=O) groups is 3. The van der Waals surface area contributed by atoms with Crippen molar-refractivity contribution >= 4 is 50.7 Å². The van der Waals surface area contributed by atoms with Crippen LogP contribution in [0, 0.1) is 0 Å². The Morgan fingerprint density at radius 3 is 2.47 bits per heavy atom. The molecule has 1 heterocycles. The number of anilines is 3. The summed E-state index contributed by atoms with van der Waals surface area (Å²) in [6.07, 6.45) is -0.211. The summed E-state index contributed by atoms with van der Waals surface area (Å²) in [7, 11) is 1.48. The van der Waals surface area contributed by atoms with Gasteiger partial charge >= 0.3 is 0 Å². The molecular weight excluding hydrogens is 474 g/mol. The van der Waals surface area contributed by atoms with Crippen LogP contribution in [0.15, 0.2) is 77.3 Å². The van der Waals surface area contributed by atoms with Gasteiger partial charge < -0.3 is 15.4 Å². The lowest BCUT2D eigenvalue weighted by atomic mass is 10.0.